The molecule has 0 aromatic heterocycles. The van der Waals surface area contributed by atoms with Crippen LogP contribution in [0, 0.1) is 0 Å². The molecular weight excluding hydrogens is 248 g/mol. The molecule has 0 aliphatic heterocycles. The summed E-state index contributed by atoms with van der Waals surface area (Å²) in [5, 5.41) is 8.69. The first-order valence-corrected chi connectivity index (χ1v) is 7.96. The maximum absolute atomic E-state index is 10.7. The number of hydrogen-bond donors (Lipinski definition) is 1. The largest absolute Gasteiger partial charge is 0.481 e. The molecule has 106 valence electrons. The Kier molecular flexibility index (Phi) is 12.6. The summed E-state index contributed by atoms with van der Waals surface area (Å²) in [7, 11) is 0. The summed E-state index contributed by atoms with van der Waals surface area (Å²) < 4.78 is 0. The van der Waals surface area contributed by atoms with E-state index in [9.17, 15) is 9.59 Å². The van der Waals surface area contributed by atoms with Gasteiger partial charge in [-0.1, -0.05) is 56.7 Å². The van der Waals surface area contributed by atoms with Crippen LogP contribution in [0.5, 0.6) is 0 Å². The quantitative estimate of drug-likeness (QED) is 0.540. The van der Waals surface area contributed by atoms with Crippen LogP contribution < -0.4 is 0 Å². The van der Waals surface area contributed by atoms with Crippen molar-refractivity contribution in [3.8, 4) is 0 Å². The SMILES string of the molecule is CC(=O)SCCCCCCCCCCCC(=O)O. The number of carboxylic acids is 1. The van der Waals surface area contributed by atoms with E-state index in [1.54, 1.807) is 6.92 Å². The molecule has 0 atom stereocenters. The van der Waals surface area contributed by atoms with Gasteiger partial charge in [-0.15, -0.1) is 0 Å². The zero-order valence-electron chi connectivity index (χ0n) is 11.5. The molecule has 18 heavy (non-hydrogen) atoms. The third kappa shape index (κ3) is 15.5. The highest BCUT2D eigenvalue weighted by Crippen LogP contribution is 2.12. The third-order valence-electron chi connectivity index (χ3n) is 2.84. The highest BCUT2D eigenvalue weighted by molar-refractivity contribution is 8.13. The van der Waals surface area contributed by atoms with Gasteiger partial charge < -0.3 is 5.11 Å². The molecule has 0 aliphatic rings. The van der Waals surface area contributed by atoms with Gasteiger partial charge in [0.2, 0.25) is 0 Å². The van der Waals surface area contributed by atoms with Crippen LogP contribution in [0.2, 0.25) is 0 Å². The van der Waals surface area contributed by atoms with Crippen molar-refractivity contribution in [1.82, 2.24) is 0 Å². The predicted molar refractivity (Wildman–Crippen MR) is 76.9 cm³/mol. The van der Waals surface area contributed by atoms with Crippen LogP contribution in [0.25, 0.3) is 0 Å². The lowest BCUT2D eigenvalue weighted by Crippen LogP contribution is -1.93. The van der Waals surface area contributed by atoms with Gasteiger partial charge in [0.25, 0.3) is 0 Å². The topological polar surface area (TPSA) is 54.4 Å². The van der Waals surface area contributed by atoms with Gasteiger partial charge in [-0.05, 0) is 12.8 Å². The lowest BCUT2D eigenvalue weighted by Gasteiger charge is -2.01. The molecule has 1 N–H and O–H groups in total. The monoisotopic (exact) mass is 274 g/mol. The number of unbranched alkanes of at least 4 members (excludes halogenated alkanes) is 8. The summed E-state index contributed by atoms with van der Waals surface area (Å²) in [6.45, 7) is 1.62. The van der Waals surface area contributed by atoms with Crippen LogP contribution in [0.4, 0.5) is 0 Å². The predicted octanol–water partition coefficient (Wildman–Crippen LogP) is 4.25. The second kappa shape index (κ2) is 12.9. The Morgan fingerprint density at radius 3 is 1.72 bits per heavy atom. The van der Waals surface area contributed by atoms with Crippen LogP contribution in [0.3, 0.4) is 0 Å². The molecule has 0 rings (SSSR count). The van der Waals surface area contributed by atoms with Crippen molar-refractivity contribution in [2.75, 3.05) is 5.75 Å². The average Bonchev–Trinajstić information content (AvgIpc) is 2.29. The third-order valence-corrected chi connectivity index (χ3v) is 3.74. The van der Waals surface area contributed by atoms with E-state index in [0.717, 1.165) is 31.4 Å². The van der Waals surface area contributed by atoms with Crippen molar-refractivity contribution in [3.05, 3.63) is 0 Å². The Labute approximate surface area is 115 Å². The van der Waals surface area contributed by atoms with Crippen molar-refractivity contribution in [1.29, 1.82) is 0 Å². The number of aliphatic carboxylic acids is 1. The Hall–Kier alpha value is -0.510. The first-order chi connectivity index (χ1) is 8.63. The van der Waals surface area contributed by atoms with E-state index in [2.05, 4.69) is 0 Å². The molecule has 0 fully saturated rings. The molecule has 0 saturated carbocycles. The molecule has 0 saturated heterocycles. The number of carbonyl (C=O) groups is 2. The van der Waals surface area contributed by atoms with E-state index in [-0.39, 0.29) is 5.12 Å². The molecule has 0 radical (unpaired) electrons. The van der Waals surface area contributed by atoms with E-state index < -0.39 is 5.97 Å². The van der Waals surface area contributed by atoms with Crippen LogP contribution >= 0.6 is 11.8 Å². The summed E-state index contributed by atoms with van der Waals surface area (Å²) in [5.74, 6) is 0.281. The van der Waals surface area contributed by atoms with Gasteiger partial charge in [0.15, 0.2) is 5.12 Å². The molecular formula is C14H26O3S. The molecule has 3 nitrogen and oxygen atoms in total. The number of carboxylic acid groups (broad SMARTS) is 1. The van der Waals surface area contributed by atoms with Gasteiger partial charge in [0, 0.05) is 19.1 Å². The highest BCUT2D eigenvalue weighted by Gasteiger charge is 1.97. The minimum atomic E-state index is -0.682. The Morgan fingerprint density at radius 1 is 0.833 bits per heavy atom. The second-order valence-electron chi connectivity index (χ2n) is 4.67. The number of carbonyl (C=O) groups excluding carboxylic acids is 1. The lowest BCUT2D eigenvalue weighted by molar-refractivity contribution is -0.137. The fourth-order valence-corrected chi connectivity index (χ4v) is 2.47. The molecule has 0 unspecified atom stereocenters. The summed E-state index contributed by atoms with van der Waals surface area (Å²) in [5.41, 5.74) is 0. The lowest BCUT2D eigenvalue weighted by atomic mass is 10.1. The molecule has 0 heterocycles. The standard InChI is InChI=1S/C14H26O3S/c1-13(15)18-12-10-8-6-4-2-3-5-7-9-11-14(16)17/h2-12H2,1H3,(H,16,17). The molecule has 0 aromatic rings. The normalized spacial score (nSPS) is 10.5. The molecule has 0 bridgehead atoms. The number of hydrogen-bond acceptors (Lipinski definition) is 3. The fourth-order valence-electron chi connectivity index (χ4n) is 1.83. The average molecular weight is 274 g/mol. The van der Waals surface area contributed by atoms with Crippen molar-refractivity contribution < 1.29 is 14.7 Å². The summed E-state index contributed by atoms with van der Waals surface area (Å²) in [6, 6.07) is 0. The summed E-state index contributed by atoms with van der Waals surface area (Å²) in [4.78, 5) is 21.0. The molecule has 0 spiro atoms. The van der Waals surface area contributed by atoms with Crippen LogP contribution in [-0.4, -0.2) is 21.9 Å². The fraction of sp³-hybridized carbons (Fsp3) is 0.857. The van der Waals surface area contributed by atoms with E-state index >= 15 is 0 Å². The Morgan fingerprint density at radius 2 is 1.28 bits per heavy atom. The smallest absolute Gasteiger partial charge is 0.303 e. The zero-order chi connectivity index (χ0) is 13.6. The van der Waals surface area contributed by atoms with Crippen molar-refractivity contribution in [2.45, 2.75) is 71.1 Å². The highest BCUT2D eigenvalue weighted by atomic mass is 32.2. The van der Waals surface area contributed by atoms with Crippen LogP contribution in [-0.2, 0) is 9.59 Å². The van der Waals surface area contributed by atoms with Gasteiger partial charge in [-0.25, -0.2) is 0 Å². The van der Waals surface area contributed by atoms with Crippen molar-refractivity contribution in [2.24, 2.45) is 0 Å². The molecule has 0 aromatic carbocycles. The van der Waals surface area contributed by atoms with Crippen molar-refractivity contribution >= 4 is 22.8 Å². The second-order valence-corrected chi connectivity index (χ2v) is 5.94. The summed E-state index contributed by atoms with van der Waals surface area (Å²) >= 11 is 1.42. The number of rotatable bonds is 12. The van der Waals surface area contributed by atoms with E-state index in [1.807, 2.05) is 0 Å². The minimum absolute atomic E-state index is 0.219. The van der Waals surface area contributed by atoms with E-state index in [4.69, 9.17) is 5.11 Å². The van der Waals surface area contributed by atoms with Crippen LogP contribution in [0.15, 0.2) is 0 Å². The van der Waals surface area contributed by atoms with Gasteiger partial charge in [-0.2, -0.15) is 0 Å². The van der Waals surface area contributed by atoms with Gasteiger partial charge in [0.1, 0.15) is 0 Å². The Bertz CT molecular complexity index is 205. The number of thioether (sulfide) groups is 1. The zero-order valence-corrected chi connectivity index (χ0v) is 12.3. The minimum Gasteiger partial charge on any atom is -0.481 e. The first-order valence-electron chi connectivity index (χ1n) is 6.98. The summed E-state index contributed by atoms with van der Waals surface area (Å²) in [6.07, 6.45) is 10.7. The van der Waals surface area contributed by atoms with Crippen molar-refractivity contribution in [3.63, 3.8) is 0 Å². The van der Waals surface area contributed by atoms with Gasteiger partial charge >= 0.3 is 5.97 Å². The van der Waals surface area contributed by atoms with E-state index in [0.29, 0.717) is 6.42 Å². The first kappa shape index (κ1) is 17.5. The molecule has 4 heteroatoms. The van der Waals surface area contributed by atoms with Gasteiger partial charge in [-0.3, -0.25) is 9.59 Å². The maximum Gasteiger partial charge on any atom is 0.303 e. The Balaban J connectivity index is 2.99. The maximum atomic E-state index is 10.7. The van der Waals surface area contributed by atoms with Crippen LogP contribution in [0.1, 0.15) is 71.1 Å². The van der Waals surface area contributed by atoms with E-state index in [1.165, 1.54) is 43.9 Å². The molecule has 0 aliphatic carbocycles. The molecule has 0 amide bonds. The van der Waals surface area contributed by atoms with Gasteiger partial charge in [0.05, 0.1) is 0 Å².